The summed E-state index contributed by atoms with van der Waals surface area (Å²) < 4.78 is 0. The van der Waals surface area contributed by atoms with E-state index in [1.165, 1.54) is 67.5 Å². The quantitative estimate of drug-likeness (QED) is 0.656. The molecule has 1 heterocycles. The standard InChI is InChI=1S/C19H25N/c1-13-11-16-8-7-14(2)20-18(16)17(12-19(13)9-10-19)15-5-3-4-6-15/h7-8,15,17H,1,3-6,9-12H2,2H3. The van der Waals surface area contributed by atoms with Crippen LogP contribution in [0.5, 0.6) is 0 Å². The Hall–Kier alpha value is -1.11. The molecule has 1 aromatic rings. The zero-order valence-electron chi connectivity index (χ0n) is 12.6. The zero-order valence-corrected chi connectivity index (χ0v) is 12.6. The van der Waals surface area contributed by atoms with Crippen LogP contribution in [0.1, 0.15) is 67.8 Å². The third-order valence-electron chi connectivity index (χ3n) is 6.09. The summed E-state index contributed by atoms with van der Waals surface area (Å²) in [5.41, 5.74) is 6.07. The molecular formula is C19H25N. The van der Waals surface area contributed by atoms with Gasteiger partial charge in [-0.25, -0.2) is 0 Å². The number of nitrogens with zero attached hydrogens (tertiary/aromatic N) is 1. The first-order valence-electron chi connectivity index (χ1n) is 8.33. The molecule has 1 heteroatoms. The van der Waals surface area contributed by atoms with Crippen LogP contribution in [-0.2, 0) is 6.42 Å². The summed E-state index contributed by atoms with van der Waals surface area (Å²) in [6.07, 6.45) is 10.9. The molecule has 0 saturated heterocycles. The number of aromatic nitrogens is 1. The van der Waals surface area contributed by atoms with E-state index in [0.29, 0.717) is 11.3 Å². The van der Waals surface area contributed by atoms with Gasteiger partial charge in [0.15, 0.2) is 0 Å². The van der Waals surface area contributed by atoms with E-state index < -0.39 is 0 Å². The van der Waals surface area contributed by atoms with Gasteiger partial charge >= 0.3 is 0 Å². The molecule has 2 fully saturated rings. The Morgan fingerprint density at radius 3 is 2.65 bits per heavy atom. The molecule has 1 unspecified atom stereocenters. The number of pyridine rings is 1. The number of aryl methyl sites for hydroxylation is 1. The van der Waals surface area contributed by atoms with Crippen LogP contribution in [0.2, 0.25) is 0 Å². The van der Waals surface area contributed by atoms with Gasteiger partial charge in [-0.05, 0) is 68.4 Å². The van der Waals surface area contributed by atoms with Crippen LogP contribution >= 0.6 is 0 Å². The highest BCUT2D eigenvalue weighted by Crippen LogP contribution is 2.61. The minimum Gasteiger partial charge on any atom is -0.258 e. The zero-order chi connectivity index (χ0) is 13.7. The van der Waals surface area contributed by atoms with Crippen LogP contribution in [0.3, 0.4) is 0 Å². The summed E-state index contributed by atoms with van der Waals surface area (Å²) in [7, 11) is 0. The first-order chi connectivity index (χ1) is 9.68. The SMILES string of the molecule is C=C1Cc2ccc(C)nc2C(C2CCCC2)CC12CC2. The number of hydrogen-bond acceptors (Lipinski definition) is 1. The monoisotopic (exact) mass is 267 g/mol. The lowest BCUT2D eigenvalue weighted by Gasteiger charge is -2.26. The molecule has 106 valence electrons. The largest absolute Gasteiger partial charge is 0.258 e. The fraction of sp³-hybridized carbons (Fsp3) is 0.632. The first-order valence-corrected chi connectivity index (χ1v) is 8.33. The topological polar surface area (TPSA) is 12.9 Å². The molecule has 1 aromatic heterocycles. The molecule has 2 saturated carbocycles. The molecule has 1 nitrogen and oxygen atoms in total. The summed E-state index contributed by atoms with van der Waals surface area (Å²) in [5, 5.41) is 0. The molecule has 0 bridgehead atoms. The third kappa shape index (κ3) is 1.94. The van der Waals surface area contributed by atoms with Gasteiger partial charge in [-0.1, -0.05) is 31.1 Å². The van der Waals surface area contributed by atoms with Crippen LogP contribution in [0.4, 0.5) is 0 Å². The van der Waals surface area contributed by atoms with Crippen molar-refractivity contribution in [3.63, 3.8) is 0 Å². The van der Waals surface area contributed by atoms with Gasteiger partial charge in [-0.15, -0.1) is 0 Å². The molecule has 20 heavy (non-hydrogen) atoms. The Morgan fingerprint density at radius 2 is 1.95 bits per heavy atom. The number of hydrogen-bond donors (Lipinski definition) is 0. The first kappa shape index (κ1) is 12.6. The van der Waals surface area contributed by atoms with Crippen molar-refractivity contribution in [3.05, 3.63) is 41.2 Å². The van der Waals surface area contributed by atoms with Crippen molar-refractivity contribution >= 4 is 0 Å². The van der Waals surface area contributed by atoms with Crippen molar-refractivity contribution < 1.29 is 0 Å². The van der Waals surface area contributed by atoms with Crippen LogP contribution < -0.4 is 0 Å². The predicted octanol–water partition coefficient (Wildman–Crippen LogP) is 4.95. The predicted molar refractivity (Wildman–Crippen MR) is 82.8 cm³/mol. The summed E-state index contributed by atoms with van der Waals surface area (Å²) in [5.74, 6) is 1.58. The Morgan fingerprint density at radius 1 is 1.20 bits per heavy atom. The van der Waals surface area contributed by atoms with Gasteiger partial charge in [-0.3, -0.25) is 4.98 Å². The molecule has 3 aliphatic rings. The highest BCUT2D eigenvalue weighted by Gasteiger charge is 2.49. The summed E-state index contributed by atoms with van der Waals surface area (Å²) in [6, 6.07) is 4.51. The van der Waals surface area contributed by atoms with E-state index in [1.54, 1.807) is 0 Å². The third-order valence-corrected chi connectivity index (χ3v) is 6.09. The van der Waals surface area contributed by atoms with Gasteiger partial charge in [0.05, 0.1) is 0 Å². The minimum absolute atomic E-state index is 0.488. The molecule has 0 amide bonds. The van der Waals surface area contributed by atoms with Crippen molar-refractivity contribution in [1.29, 1.82) is 0 Å². The lowest BCUT2D eigenvalue weighted by molar-refractivity contribution is 0.355. The van der Waals surface area contributed by atoms with Gasteiger partial charge in [0.1, 0.15) is 0 Å². The molecule has 0 aliphatic heterocycles. The highest BCUT2D eigenvalue weighted by molar-refractivity contribution is 5.37. The maximum absolute atomic E-state index is 4.99. The molecule has 0 N–H and O–H groups in total. The van der Waals surface area contributed by atoms with E-state index in [0.717, 1.165) is 12.3 Å². The lowest BCUT2D eigenvalue weighted by atomic mass is 9.79. The van der Waals surface area contributed by atoms with E-state index in [9.17, 15) is 0 Å². The highest BCUT2D eigenvalue weighted by atomic mass is 14.7. The smallest absolute Gasteiger partial charge is 0.0475 e. The summed E-state index contributed by atoms with van der Waals surface area (Å²) in [4.78, 5) is 4.99. The normalized spacial score (nSPS) is 28.4. The molecular weight excluding hydrogens is 242 g/mol. The fourth-order valence-electron chi connectivity index (χ4n) is 4.61. The Bertz CT molecular complexity index is 547. The van der Waals surface area contributed by atoms with Crippen molar-refractivity contribution in [2.75, 3.05) is 0 Å². The molecule has 0 aromatic carbocycles. The van der Waals surface area contributed by atoms with Gasteiger partial charge in [0, 0.05) is 17.3 Å². The Balaban J connectivity index is 1.78. The van der Waals surface area contributed by atoms with Crippen molar-refractivity contribution in [2.45, 2.75) is 64.2 Å². The Labute approximate surface area is 122 Å². The summed E-state index contributed by atoms with van der Waals surface area (Å²) >= 11 is 0. The van der Waals surface area contributed by atoms with E-state index in [1.807, 2.05) is 0 Å². The molecule has 3 aliphatic carbocycles. The summed E-state index contributed by atoms with van der Waals surface area (Å²) in [6.45, 7) is 6.58. The van der Waals surface area contributed by atoms with Crippen LogP contribution in [0.25, 0.3) is 0 Å². The maximum atomic E-state index is 4.99. The second-order valence-corrected chi connectivity index (χ2v) is 7.41. The average molecular weight is 267 g/mol. The number of fused-ring (bicyclic) bond motifs is 1. The van der Waals surface area contributed by atoms with Gasteiger partial charge in [0.25, 0.3) is 0 Å². The minimum atomic E-state index is 0.488. The average Bonchev–Trinajstić information content (AvgIpc) is 3.05. The van der Waals surface area contributed by atoms with Crippen molar-refractivity contribution in [1.82, 2.24) is 4.98 Å². The van der Waals surface area contributed by atoms with E-state index in [-0.39, 0.29) is 0 Å². The molecule has 0 radical (unpaired) electrons. The number of rotatable bonds is 1. The van der Waals surface area contributed by atoms with Gasteiger partial charge in [0.2, 0.25) is 0 Å². The van der Waals surface area contributed by atoms with Crippen LogP contribution in [-0.4, -0.2) is 4.98 Å². The van der Waals surface area contributed by atoms with Gasteiger partial charge < -0.3 is 0 Å². The fourth-order valence-corrected chi connectivity index (χ4v) is 4.61. The van der Waals surface area contributed by atoms with E-state index in [4.69, 9.17) is 4.98 Å². The maximum Gasteiger partial charge on any atom is 0.0475 e. The van der Waals surface area contributed by atoms with Crippen LogP contribution in [0.15, 0.2) is 24.3 Å². The number of allylic oxidation sites excluding steroid dienone is 1. The van der Waals surface area contributed by atoms with Crippen LogP contribution in [0, 0.1) is 18.3 Å². The second kappa shape index (κ2) is 4.44. The Kier molecular flexibility index (Phi) is 2.80. The lowest BCUT2D eigenvalue weighted by Crippen LogP contribution is -2.16. The van der Waals surface area contributed by atoms with Crippen molar-refractivity contribution in [3.8, 4) is 0 Å². The molecule has 1 atom stereocenters. The van der Waals surface area contributed by atoms with Gasteiger partial charge in [-0.2, -0.15) is 0 Å². The molecule has 4 rings (SSSR count). The molecule has 1 spiro atoms. The van der Waals surface area contributed by atoms with Crippen molar-refractivity contribution in [2.24, 2.45) is 11.3 Å². The van der Waals surface area contributed by atoms with E-state index >= 15 is 0 Å². The second-order valence-electron chi connectivity index (χ2n) is 7.41. The van der Waals surface area contributed by atoms with E-state index in [2.05, 4.69) is 25.6 Å².